The molecule has 1 aliphatic heterocycles. The summed E-state index contributed by atoms with van der Waals surface area (Å²) in [6, 6.07) is 11.6. The molecule has 0 N–H and O–H groups in total. The lowest BCUT2D eigenvalue weighted by atomic mass is 9.95. The maximum atomic E-state index is 13.8. The Morgan fingerprint density at radius 2 is 1.85 bits per heavy atom. The van der Waals surface area contributed by atoms with E-state index < -0.39 is 18.0 Å². The highest BCUT2D eigenvalue weighted by atomic mass is 32.1. The molecule has 0 amide bonds. The van der Waals surface area contributed by atoms with Crippen LogP contribution in [0, 0.1) is 0 Å². The molecule has 4 rings (SSSR count). The van der Waals surface area contributed by atoms with Crippen molar-refractivity contribution < 1.29 is 28.5 Å². The van der Waals surface area contributed by atoms with Crippen LogP contribution in [0.1, 0.15) is 51.3 Å². The van der Waals surface area contributed by atoms with Gasteiger partial charge in [0.05, 0.1) is 42.2 Å². The number of methoxy groups -OCH3 is 1. The maximum absolute atomic E-state index is 13.8. The Labute approximate surface area is 229 Å². The summed E-state index contributed by atoms with van der Waals surface area (Å²) in [5.74, 6) is 0.209. The fourth-order valence-electron chi connectivity index (χ4n) is 4.23. The third-order valence-corrected chi connectivity index (χ3v) is 6.91. The van der Waals surface area contributed by atoms with Crippen LogP contribution in [0.4, 0.5) is 0 Å². The number of fused-ring (bicyclic) bond motifs is 1. The second kappa shape index (κ2) is 12.1. The minimum atomic E-state index is -0.826. The third-order valence-electron chi connectivity index (χ3n) is 5.92. The lowest BCUT2D eigenvalue weighted by Gasteiger charge is -2.25. The minimum absolute atomic E-state index is 0.166. The van der Waals surface area contributed by atoms with Gasteiger partial charge in [-0.25, -0.2) is 9.79 Å². The highest BCUT2D eigenvalue weighted by molar-refractivity contribution is 7.07. The first-order chi connectivity index (χ1) is 18.8. The molecular weight excluding hydrogens is 520 g/mol. The van der Waals surface area contributed by atoms with Gasteiger partial charge in [-0.2, -0.15) is 0 Å². The molecular formula is C29H30N2O7S. The Morgan fingerprint density at radius 3 is 2.49 bits per heavy atom. The van der Waals surface area contributed by atoms with Gasteiger partial charge >= 0.3 is 11.9 Å². The Balaban J connectivity index is 1.86. The highest BCUT2D eigenvalue weighted by Gasteiger charge is 2.34. The van der Waals surface area contributed by atoms with Gasteiger partial charge in [-0.3, -0.25) is 14.2 Å². The fourth-order valence-corrected chi connectivity index (χ4v) is 5.28. The number of nitrogens with zero attached hydrogens (tertiary/aromatic N) is 2. The molecule has 204 valence electrons. The number of hydrogen-bond donors (Lipinski definition) is 0. The van der Waals surface area contributed by atoms with E-state index in [1.807, 2.05) is 31.2 Å². The van der Waals surface area contributed by atoms with Crippen molar-refractivity contribution in [2.24, 2.45) is 4.99 Å². The SMILES string of the molecule is CCCOc1ccc(C=c2sc3n(c2=O)C(c2ccc(OC(C)=O)c(OC)c2)C(C(=O)OCC)=C(C)N=3)cc1. The summed E-state index contributed by atoms with van der Waals surface area (Å²) in [5, 5.41) is 0. The molecule has 1 aromatic heterocycles. The second-order valence-electron chi connectivity index (χ2n) is 8.72. The molecule has 0 aliphatic carbocycles. The molecule has 1 atom stereocenters. The van der Waals surface area contributed by atoms with Gasteiger partial charge < -0.3 is 18.9 Å². The van der Waals surface area contributed by atoms with Crippen molar-refractivity contribution in [1.82, 2.24) is 4.57 Å². The van der Waals surface area contributed by atoms with Gasteiger partial charge in [-0.1, -0.05) is 36.5 Å². The zero-order valence-corrected chi connectivity index (χ0v) is 23.3. The zero-order chi connectivity index (χ0) is 28.1. The molecule has 39 heavy (non-hydrogen) atoms. The molecule has 1 unspecified atom stereocenters. The van der Waals surface area contributed by atoms with Crippen LogP contribution in [-0.2, 0) is 14.3 Å². The van der Waals surface area contributed by atoms with E-state index in [4.69, 9.17) is 18.9 Å². The van der Waals surface area contributed by atoms with Crippen LogP contribution in [0.15, 0.2) is 63.5 Å². The Kier molecular flexibility index (Phi) is 8.65. The molecule has 0 spiro atoms. The van der Waals surface area contributed by atoms with Crippen molar-refractivity contribution in [3.8, 4) is 17.2 Å². The van der Waals surface area contributed by atoms with Crippen molar-refractivity contribution >= 4 is 29.4 Å². The van der Waals surface area contributed by atoms with Crippen molar-refractivity contribution in [3.63, 3.8) is 0 Å². The lowest BCUT2D eigenvalue weighted by Crippen LogP contribution is -2.40. The first kappa shape index (κ1) is 27.8. The Hall–Kier alpha value is -4.18. The number of rotatable bonds is 9. The number of hydrogen-bond acceptors (Lipinski definition) is 9. The monoisotopic (exact) mass is 550 g/mol. The Morgan fingerprint density at radius 1 is 1.10 bits per heavy atom. The molecule has 3 aromatic rings. The van der Waals surface area contributed by atoms with Crippen molar-refractivity contribution in [1.29, 1.82) is 0 Å². The molecule has 2 heterocycles. The van der Waals surface area contributed by atoms with Gasteiger partial charge in [0.2, 0.25) is 0 Å². The van der Waals surface area contributed by atoms with Gasteiger partial charge in [0.1, 0.15) is 5.75 Å². The summed E-state index contributed by atoms with van der Waals surface area (Å²) in [5.41, 5.74) is 1.80. The predicted molar refractivity (Wildman–Crippen MR) is 147 cm³/mol. The zero-order valence-electron chi connectivity index (χ0n) is 22.5. The minimum Gasteiger partial charge on any atom is -0.494 e. The van der Waals surface area contributed by atoms with Crippen molar-refractivity contribution in [3.05, 3.63) is 84.5 Å². The average Bonchev–Trinajstić information content (AvgIpc) is 3.21. The number of carbonyl (C=O) groups excluding carboxylic acids is 2. The summed E-state index contributed by atoms with van der Waals surface area (Å²) in [6.07, 6.45) is 2.70. The van der Waals surface area contributed by atoms with E-state index in [1.165, 1.54) is 29.9 Å². The number of allylic oxidation sites excluding steroid dienone is 1. The van der Waals surface area contributed by atoms with Crippen molar-refractivity contribution in [2.45, 2.75) is 40.2 Å². The quantitative estimate of drug-likeness (QED) is 0.297. The fraction of sp³-hybridized carbons (Fsp3) is 0.310. The average molecular weight is 551 g/mol. The number of carbonyl (C=O) groups is 2. The maximum Gasteiger partial charge on any atom is 0.338 e. The van der Waals surface area contributed by atoms with E-state index in [2.05, 4.69) is 4.99 Å². The van der Waals surface area contributed by atoms with E-state index in [9.17, 15) is 14.4 Å². The predicted octanol–water partition coefficient (Wildman–Crippen LogP) is 3.52. The topological polar surface area (TPSA) is 105 Å². The molecule has 0 saturated heterocycles. The van der Waals surface area contributed by atoms with E-state index in [0.717, 1.165) is 17.7 Å². The number of aromatic nitrogens is 1. The van der Waals surface area contributed by atoms with Crippen LogP contribution >= 0.6 is 11.3 Å². The molecule has 0 fully saturated rings. The summed E-state index contributed by atoms with van der Waals surface area (Å²) in [7, 11) is 1.45. The van der Waals surface area contributed by atoms with Gasteiger partial charge in [-0.15, -0.1) is 0 Å². The molecule has 0 bridgehead atoms. The summed E-state index contributed by atoms with van der Waals surface area (Å²) in [6.45, 7) is 7.57. The lowest BCUT2D eigenvalue weighted by molar-refractivity contribution is -0.139. The largest absolute Gasteiger partial charge is 0.494 e. The summed E-state index contributed by atoms with van der Waals surface area (Å²) in [4.78, 5) is 43.5. The number of ether oxygens (including phenoxy) is 4. The van der Waals surface area contributed by atoms with E-state index in [1.54, 1.807) is 38.1 Å². The second-order valence-corrected chi connectivity index (χ2v) is 9.73. The van der Waals surface area contributed by atoms with Crippen LogP contribution in [-0.4, -0.2) is 36.8 Å². The number of esters is 2. The van der Waals surface area contributed by atoms with E-state index in [-0.39, 0.29) is 29.2 Å². The van der Waals surface area contributed by atoms with Crippen LogP contribution < -0.4 is 29.1 Å². The van der Waals surface area contributed by atoms with Crippen molar-refractivity contribution in [2.75, 3.05) is 20.3 Å². The molecule has 10 heteroatoms. The van der Waals surface area contributed by atoms with Crippen LogP contribution in [0.5, 0.6) is 17.2 Å². The van der Waals surface area contributed by atoms with Gasteiger partial charge in [-0.05, 0) is 61.7 Å². The molecule has 2 aromatic carbocycles. The smallest absolute Gasteiger partial charge is 0.338 e. The number of thiazole rings is 1. The van der Waals surface area contributed by atoms with Gasteiger partial charge in [0.15, 0.2) is 16.3 Å². The standard InChI is InChI=1S/C29H30N2O7S/c1-6-14-37-21-11-8-19(9-12-21)15-24-27(33)31-26(20-10-13-22(38-18(4)32)23(16-20)35-5)25(28(34)36-7-2)17(3)30-29(31)39-24/h8-13,15-16,26H,6-7,14H2,1-5H3. The molecule has 1 aliphatic rings. The molecule has 0 saturated carbocycles. The van der Waals surface area contributed by atoms with E-state index in [0.29, 0.717) is 27.2 Å². The van der Waals surface area contributed by atoms with E-state index >= 15 is 0 Å². The van der Waals surface area contributed by atoms with Crippen LogP contribution in [0.3, 0.4) is 0 Å². The van der Waals surface area contributed by atoms with Gasteiger partial charge in [0.25, 0.3) is 5.56 Å². The first-order valence-corrected chi connectivity index (χ1v) is 13.4. The third kappa shape index (κ3) is 5.96. The Bertz CT molecular complexity index is 1600. The normalized spacial score (nSPS) is 14.9. The highest BCUT2D eigenvalue weighted by Crippen LogP contribution is 2.36. The summed E-state index contributed by atoms with van der Waals surface area (Å²) >= 11 is 1.24. The van der Waals surface area contributed by atoms with Crippen LogP contribution in [0.25, 0.3) is 6.08 Å². The van der Waals surface area contributed by atoms with Gasteiger partial charge in [0, 0.05) is 6.92 Å². The number of benzene rings is 2. The summed E-state index contributed by atoms with van der Waals surface area (Å²) < 4.78 is 23.6. The molecule has 0 radical (unpaired) electrons. The van der Waals surface area contributed by atoms with Crippen LogP contribution in [0.2, 0.25) is 0 Å². The first-order valence-electron chi connectivity index (χ1n) is 12.6. The molecule has 9 nitrogen and oxygen atoms in total.